The van der Waals surface area contributed by atoms with Crippen molar-refractivity contribution in [3.63, 3.8) is 0 Å². The molecule has 0 aliphatic heterocycles. The zero-order valence-corrected chi connectivity index (χ0v) is 26.5. The Balaban J connectivity index is 1.17. The molecule has 0 atom stereocenters. The molecular formula is C44H29N3O. The first-order chi connectivity index (χ1) is 23.5. The van der Waals surface area contributed by atoms with Crippen LogP contribution in [0.5, 0.6) is 0 Å². The average Bonchev–Trinajstić information content (AvgIpc) is 3.62. The van der Waals surface area contributed by atoms with Gasteiger partial charge in [-0.15, -0.1) is 0 Å². The minimum Gasteiger partial charge on any atom is -0.456 e. The van der Waals surface area contributed by atoms with Gasteiger partial charge in [-0.1, -0.05) is 117 Å². The van der Waals surface area contributed by atoms with Crippen molar-refractivity contribution < 1.29 is 4.42 Å². The largest absolute Gasteiger partial charge is 0.456 e. The van der Waals surface area contributed by atoms with Gasteiger partial charge in [0.1, 0.15) is 11.2 Å². The van der Waals surface area contributed by atoms with Crippen LogP contribution in [0.15, 0.2) is 144 Å². The zero-order chi connectivity index (χ0) is 32.0. The van der Waals surface area contributed by atoms with E-state index in [4.69, 9.17) is 19.4 Å². The number of hydrogen-bond acceptors (Lipinski definition) is 4. The van der Waals surface area contributed by atoms with E-state index in [1.54, 1.807) is 0 Å². The third kappa shape index (κ3) is 3.99. The molecule has 1 aliphatic carbocycles. The maximum Gasteiger partial charge on any atom is 0.164 e. The van der Waals surface area contributed by atoms with E-state index < -0.39 is 0 Å². The molecule has 0 saturated carbocycles. The number of aromatic nitrogens is 3. The van der Waals surface area contributed by atoms with Crippen molar-refractivity contribution in [1.82, 2.24) is 15.0 Å². The van der Waals surface area contributed by atoms with Crippen LogP contribution in [0.2, 0.25) is 0 Å². The Hall–Kier alpha value is -6.13. The molecular weight excluding hydrogens is 587 g/mol. The van der Waals surface area contributed by atoms with Gasteiger partial charge in [0, 0.05) is 32.9 Å². The Bertz CT molecular complexity index is 2760. The lowest BCUT2D eigenvalue weighted by Crippen LogP contribution is -2.14. The van der Waals surface area contributed by atoms with Crippen molar-refractivity contribution in [2.24, 2.45) is 0 Å². The van der Waals surface area contributed by atoms with Gasteiger partial charge in [-0.3, -0.25) is 0 Å². The Morgan fingerprint density at radius 3 is 1.90 bits per heavy atom. The summed E-state index contributed by atoms with van der Waals surface area (Å²) >= 11 is 0. The number of para-hydroxylation sites is 1. The monoisotopic (exact) mass is 615 g/mol. The van der Waals surface area contributed by atoms with Crippen LogP contribution >= 0.6 is 0 Å². The van der Waals surface area contributed by atoms with Gasteiger partial charge in [0.25, 0.3) is 0 Å². The first-order valence-electron chi connectivity index (χ1n) is 16.4. The van der Waals surface area contributed by atoms with Gasteiger partial charge >= 0.3 is 0 Å². The van der Waals surface area contributed by atoms with Crippen LogP contribution in [0.4, 0.5) is 0 Å². The highest BCUT2D eigenvalue weighted by atomic mass is 16.3. The molecule has 2 aromatic heterocycles. The predicted octanol–water partition coefficient (Wildman–Crippen LogP) is 11.4. The minimum absolute atomic E-state index is 0.0749. The molecule has 0 bridgehead atoms. The van der Waals surface area contributed by atoms with Crippen molar-refractivity contribution in [2.75, 3.05) is 0 Å². The van der Waals surface area contributed by atoms with Crippen LogP contribution in [-0.4, -0.2) is 15.0 Å². The van der Waals surface area contributed by atoms with Gasteiger partial charge in [0.2, 0.25) is 0 Å². The Kier molecular flexibility index (Phi) is 5.59. The first kappa shape index (κ1) is 27.0. The topological polar surface area (TPSA) is 51.8 Å². The van der Waals surface area contributed by atoms with E-state index >= 15 is 0 Å². The van der Waals surface area contributed by atoms with Gasteiger partial charge in [0.05, 0.1) is 0 Å². The standard InChI is InChI=1S/C44H29N3O/c1-44(2)37-14-8-6-12-31(37)36-22-28-18-16-26-17-19-29(23-34(26)35(28)25-38(36)44)42-45-41(27-10-4-3-5-11-27)46-43(47-42)30-20-21-33-32-13-7-9-15-39(32)48-40(33)24-30/h3-25H,1-2H3. The predicted molar refractivity (Wildman–Crippen MR) is 196 cm³/mol. The second kappa shape index (κ2) is 9.93. The van der Waals surface area contributed by atoms with Crippen LogP contribution in [0.3, 0.4) is 0 Å². The summed E-state index contributed by atoms with van der Waals surface area (Å²) in [4.78, 5) is 15.1. The normalized spacial score (nSPS) is 13.4. The van der Waals surface area contributed by atoms with E-state index in [-0.39, 0.29) is 5.41 Å². The number of furan rings is 1. The highest BCUT2D eigenvalue weighted by Crippen LogP contribution is 2.50. The molecule has 7 aromatic carbocycles. The van der Waals surface area contributed by atoms with Crippen LogP contribution < -0.4 is 0 Å². The number of hydrogen-bond donors (Lipinski definition) is 0. The minimum atomic E-state index is -0.0749. The van der Waals surface area contributed by atoms with E-state index in [1.807, 2.05) is 54.6 Å². The van der Waals surface area contributed by atoms with Crippen molar-refractivity contribution in [2.45, 2.75) is 19.3 Å². The summed E-state index contributed by atoms with van der Waals surface area (Å²) in [6.07, 6.45) is 0. The van der Waals surface area contributed by atoms with Gasteiger partial charge < -0.3 is 4.42 Å². The fourth-order valence-corrected chi connectivity index (χ4v) is 7.60. The summed E-state index contributed by atoms with van der Waals surface area (Å²) < 4.78 is 6.23. The molecule has 0 N–H and O–H groups in total. The van der Waals surface area contributed by atoms with E-state index in [0.29, 0.717) is 17.5 Å². The van der Waals surface area contributed by atoms with Crippen LogP contribution in [0.25, 0.3) is 88.8 Å². The molecule has 0 spiro atoms. The average molecular weight is 616 g/mol. The van der Waals surface area contributed by atoms with E-state index in [1.165, 1.54) is 43.8 Å². The maximum absolute atomic E-state index is 6.23. The fraction of sp³-hybridized carbons (Fsp3) is 0.0682. The Labute approximate surface area is 277 Å². The summed E-state index contributed by atoms with van der Waals surface area (Å²) in [6, 6.07) is 49.1. The SMILES string of the molecule is CC1(C)c2ccccc2-c2cc3ccc4ccc(-c5nc(-c6ccccc6)nc(-c6ccc7c(c6)oc6ccccc67)n5)cc4c3cc21. The van der Waals surface area contributed by atoms with Gasteiger partial charge in [-0.2, -0.15) is 0 Å². The van der Waals surface area contributed by atoms with Crippen molar-refractivity contribution in [1.29, 1.82) is 0 Å². The van der Waals surface area contributed by atoms with Crippen LogP contribution in [0.1, 0.15) is 25.0 Å². The number of nitrogens with zero attached hydrogens (tertiary/aromatic N) is 3. The lowest BCUT2D eigenvalue weighted by atomic mass is 9.81. The molecule has 0 amide bonds. The van der Waals surface area contributed by atoms with Gasteiger partial charge in [0.15, 0.2) is 17.5 Å². The Morgan fingerprint density at radius 1 is 0.417 bits per heavy atom. The molecule has 4 nitrogen and oxygen atoms in total. The van der Waals surface area contributed by atoms with Crippen LogP contribution in [0, 0.1) is 0 Å². The highest BCUT2D eigenvalue weighted by Gasteiger charge is 2.35. The molecule has 9 aromatic rings. The molecule has 0 saturated heterocycles. The molecule has 0 fully saturated rings. The van der Waals surface area contributed by atoms with Gasteiger partial charge in [-0.05, 0) is 80.2 Å². The lowest BCUT2D eigenvalue weighted by Gasteiger charge is -2.22. The summed E-state index contributed by atoms with van der Waals surface area (Å²) in [7, 11) is 0. The maximum atomic E-state index is 6.23. The molecule has 48 heavy (non-hydrogen) atoms. The molecule has 1 aliphatic rings. The molecule has 2 heterocycles. The zero-order valence-electron chi connectivity index (χ0n) is 26.5. The highest BCUT2D eigenvalue weighted by molar-refractivity contribution is 6.11. The van der Waals surface area contributed by atoms with Gasteiger partial charge in [-0.25, -0.2) is 15.0 Å². The molecule has 10 rings (SSSR count). The molecule has 0 unspecified atom stereocenters. The first-order valence-corrected chi connectivity index (χ1v) is 16.4. The molecule has 226 valence electrons. The van der Waals surface area contributed by atoms with Crippen LogP contribution in [-0.2, 0) is 5.41 Å². The Morgan fingerprint density at radius 2 is 1.04 bits per heavy atom. The number of fused-ring (bicyclic) bond motifs is 9. The third-order valence-electron chi connectivity index (χ3n) is 10.1. The van der Waals surface area contributed by atoms with E-state index in [0.717, 1.165) is 38.6 Å². The summed E-state index contributed by atoms with van der Waals surface area (Å²) in [5, 5.41) is 7.01. The number of rotatable bonds is 3. The summed E-state index contributed by atoms with van der Waals surface area (Å²) in [5.74, 6) is 1.88. The third-order valence-corrected chi connectivity index (χ3v) is 10.1. The van der Waals surface area contributed by atoms with E-state index in [9.17, 15) is 0 Å². The second-order valence-electron chi connectivity index (χ2n) is 13.3. The summed E-state index contributed by atoms with van der Waals surface area (Å²) in [6.45, 7) is 4.67. The second-order valence-corrected chi connectivity index (χ2v) is 13.3. The quantitative estimate of drug-likeness (QED) is 0.186. The fourth-order valence-electron chi connectivity index (χ4n) is 7.60. The molecule has 0 radical (unpaired) electrons. The van der Waals surface area contributed by atoms with E-state index in [2.05, 4.69) is 98.8 Å². The summed E-state index contributed by atoms with van der Waals surface area (Å²) in [5.41, 5.74) is 9.78. The van der Waals surface area contributed by atoms with Crippen molar-refractivity contribution >= 4 is 43.5 Å². The lowest BCUT2D eigenvalue weighted by molar-refractivity contribution is 0.661. The smallest absolute Gasteiger partial charge is 0.164 e. The molecule has 4 heteroatoms. The number of benzene rings is 7. The van der Waals surface area contributed by atoms with Crippen molar-refractivity contribution in [3.05, 3.63) is 151 Å². The van der Waals surface area contributed by atoms with Crippen molar-refractivity contribution in [3.8, 4) is 45.3 Å².